The van der Waals surface area contributed by atoms with Crippen LogP contribution in [-0.2, 0) is 0 Å². The predicted molar refractivity (Wildman–Crippen MR) is 77.5 cm³/mol. The number of ether oxygens (including phenoxy) is 2. The SMILES string of the molecule is COc1cc([N+](=O)[O-])ccc1OCCCNC(C)(C)C. The van der Waals surface area contributed by atoms with Crippen molar-refractivity contribution in [3.05, 3.63) is 28.3 Å². The number of nitrogens with zero attached hydrogens (tertiary/aromatic N) is 1. The second-order valence-electron chi connectivity index (χ2n) is 5.47. The Balaban J connectivity index is 2.49. The van der Waals surface area contributed by atoms with Crippen molar-refractivity contribution in [2.24, 2.45) is 0 Å². The Hall–Kier alpha value is -1.82. The molecule has 0 saturated heterocycles. The monoisotopic (exact) mass is 282 g/mol. The van der Waals surface area contributed by atoms with Crippen LogP contribution in [0.15, 0.2) is 18.2 Å². The van der Waals surface area contributed by atoms with E-state index in [1.54, 1.807) is 6.07 Å². The molecule has 6 nitrogen and oxygen atoms in total. The summed E-state index contributed by atoms with van der Waals surface area (Å²) in [5.41, 5.74) is 0.0778. The van der Waals surface area contributed by atoms with Crippen molar-refractivity contribution in [3.8, 4) is 11.5 Å². The first-order valence-corrected chi connectivity index (χ1v) is 6.54. The molecule has 0 fully saturated rings. The van der Waals surface area contributed by atoms with Crippen molar-refractivity contribution in [1.29, 1.82) is 0 Å². The highest BCUT2D eigenvalue weighted by Crippen LogP contribution is 2.31. The van der Waals surface area contributed by atoms with Crippen LogP contribution in [0.3, 0.4) is 0 Å². The molecule has 1 aromatic rings. The molecule has 0 aliphatic carbocycles. The maximum atomic E-state index is 10.7. The Morgan fingerprint density at radius 1 is 1.30 bits per heavy atom. The second kappa shape index (κ2) is 7.09. The van der Waals surface area contributed by atoms with Gasteiger partial charge in [-0.2, -0.15) is 0 Å². The fourth-order valence-corrected chi connectivity index (χ4v) is 1.61. The average molecular weight is 282 g/mol. The van der Waals surface area contributed by atoms with Gasteiger partial charge in [-0.25, -0.2) is 0 Å². The fraction of sp³-hybridized carbons (Fsp3) is 0.571. The summed E-state index contributed by atoms with van der Waals surface area (Å²) in [4.78, 5) is 10.2. The molecule has 1 rings (SSSR count). The van der Waals surface area contributed by atoms with Crippen molar-refractivity contribution in [2.75, 3.05) is 20.3 Å². The highest BCUT2D eigenvalue weighted by molar-refractivity contribution is 5.48. The Morgan fingerprint density at radius 3 is 2.55 bits per heavy atom. The summed E-state index contributed by atoms with van der Waals surface area (Å²) >= 11 is 0. The largest absolute Gasteiger partial charge is 0.493 e. The van der Waals surface area contributed by atoms with Crippen molar-refractivity contribution in [2.45, 2.75) is 32.7 Å². The lowest BCUT2D eigenvalue weighted by Gasteiger charge is -2.20. The lowest BCUT2D eigenvalue weighted by atomic mass is 10.1. The molecular weight excluding hydrogens is 260 g/mol. The van der Waals surface area contributed by atoms with E-state index in [0.717, 1.165) is 13.0 Å². The van der Waals surface area contributed by atoms with Crippen LogP contribution in [0.4, 0.5) is 5.69 Å². The van der Waals surface area contributed by atoms with Gasteiger partial charge in [0.05, 0.1) is 24.7 Å². The minimum absolute atomic E-state index is 0.0106. The number of hydrogen-bond donors (Lipinski definition) is 1. The van der Waals surface area contributed by atoms with Gasteiger partial charge in [0.1, 0.15) is 0 Å². The molecule has 0 bridgehead atoms. The number of hydrogen-bond acceptors (Lipinski definition) is 5. The zero-order valence-corrected chi connectivity index (χ0v) is 12.4. The van der Waals surface area contributed by atoms with Crippen molar-refractivity contribution >= 4 is 5.69 Å². The quantitative estimate of drug-likeness (QED) is 0.473. The predicted octanol–water partition coefficient (Wildman–Crippen LogP) is 2.76. The maximum Gasteiger partial charge on any atom is 0.273 e. The van der Waals surface area contributed by atoms with Gasteiger partial charge in [0, 0.05) is 11.6 Å². The van der Waals surface area contributed by atoms with E-state index in [9.17, 15) is 10.1 Å². The van der Waals surface area contributed by atoms with E-state index in [2.05, 4.69) is 26.1 Å². The van der Waals surface area contributed by atoms with Gasteiger partial charge in [-0.3, -0.25) is 10.1 Å². The number of benzene rings is 1. The van der Waals surface area contributed by atoms with Gasteiger partial charge in [0.2, 0.25) is 0 Å². The highest BCUT2D eigenvalue weighted by Gasteiger charge is 2.12. The van der Waals surface area contributed by atoms with E-state index >= 15 is 0 Å². The molecule has 0 aliphatic rings. The van der Waals surface area contributed by atoms with Gasteiger partial charge >= 0.3 is 0 Å². The molecule has 0 amide bonds. The van der Waals surface area contributed by atoms with Crippen LogP contribution in [0.5, 0.6) is 11.5 Å². The molecule has 1 N–H and O–H groups in total. The van der Waals surface area contributed by atoms with Crippen molar-refractivity contribution < 1.29 is 14.4 Å². The van der Waals surface area contributed by atoms with E-state index in [0.29, 0.717) is 18.1 Å². The standard InChI is InChI=1S/C14H22N2O4/c1-14(2,3)15-8-5-9-20-12-7-6-11(16(17)18)10-13(12)19-4/h6-7,10,15H,5,8-9H2,1-4H3. The van der Waals surface area contributed by atoms with E-state index in [1.807, 2.05) is 0 Å². The first-order chi connectivity index (χ1) is 9.33. The third-order valence-electron chi connectivity index (χ3n) is 2.59. The number of nitro groups is 1. The van der Waals surface area contributed by atoms with Crippen molar-refractivity contribution in [1.82, 2.24) is 5.32 Å². The third-order valence-corrected chi connectivity index (χ3v) is 2.59. The maximum absolute atomic E-state index is 10.7. The molecule has 0 atom stereocenters. The zero-order chi connectivity index (χ0) is 15.2. The number of rotatable bonds is 7. The molecule has 6 heteroatoms. The van der Waals surface area contributed by atoms with Gasteiger partial charge in [-0.1, -0.05) is 0 Å². The average Bonchev–Trinajstić information content (AvgIpc) is 2.36. The molecular formula is C14H22N2O4. The molecule has 1 aromatic carbocycles. The molecule has 0 saturated carbocycles. The summed E-state index contributed by atoms with van der Waals surface area (Å²) < 4.78 is 10.7. The van der Waals surface area contributed by atoms with Crippen LogP contribution in [-0.4, -0.2) is 30.7 Å². The van der Waals surface area contributed by atoms with Crippen LogP contribution < -0.4 is 14.8 Å². The smallest absolute Gasteiger partial charge is 0.273 e. The van der Waals surface area contributed by atoms with E-state index < -0.39 is 4.92 Å². The normalized spacial score (nSPS) is 11.2. The summed E-state index contributed by atoms with van der Waals surface area (Å²) in [5, 5.41) is 14.0. The molecule has 0 aromatic heterocycles. The van der Waals surface area contributed by atoms with Gasteiger partial charge in [-0.05, 0) is 39.8 Å². The van der Waals surface area contributed by atoms with Gasteiger partial charge in [-0.15, -0.1) is 0 Å². The fourth-order valence-electron chi connectivity index (χ4n) is 1.61. The minimum Gasteiger partial charge on any atom is -0.493 e. The van der Waals surface area contributed by atoms with Crippen LogP contribution in [0.2, 0.25) is 0 Å². The summed E-state index contributed by atoms with van der Waals surface area (Å²) in [6, 6.07) is 4.34. The number of non-ortho nitro benzene ring substituents is 1. The van der Waals surface area contributed by atoms with E-state index in [1.165, 1.54) is 19.2 Å². The zero-order valence-electron chi connectivity index (χ0n) is 12.4. The molecule has 0 heterocycles. The van der Waals surface area contributed by atoms with E-state index in [-0.39, 0.29) is 11.2 Å². The third kappa shape index (κ3) is 5.44. The number of nitro benzene ring substituents is 1. The summed E-state index contributed by atoms with van der Waals surface area (Å²) in [7, 11) is 1.47. The Bertz CT molecular complexity index is 455. The molecule has 0 spiro atoms. The lowest BCUT2D eigenvalue weighted by molar-refractivity contribution is -0.384. The Kier molecular flexibility index (Phi) is 5.76. The van der Waals surface area contributed by atoms with Gasteiger partial charge < -0.3 is 14.8 Å². The van der Waals surface area contributed by atoms with Gasteiger partial charge in [0.15, 0.2) is 11.5 Å². The summed E-state index contributed by atoms with van der Waals surface area (Å²) in [5.74, 6) is 0.900. The van der Waals surface area contributed by atoms with E-state index in [4.69, 9.17) is 9.47 Å². The molecule has 20 heavy (non-hydrogen) atoms. The Labute approximate surface area is 119 Å². The number of methoxy groups -OCH3 is 1. The second-order valence-corrected chi connectivity index (χ2v) is 5.47. The molecule has 0 radical (unpaired) electrons. The molecule has 0 aliphatic heterocycles. The van der Waals surface area contributed by atoms with Gasteiger partial charge in [0.25, 0.3) is 5.69 Å². The van der Waals surface area contributed by atoms with Crippen LogP contribution >= 0.6 is 0 Å². The number of nitrogens with one attached hydrogen (secondary N) is 1. The topological polar surface area (TPSA) is 73.6 Å². The Morgan fingerprint density at radius 2 is 2.00 bits per heavy atom. The minimum atomic E-state index is -0.459. The molecule has 0 unspecified atom stereocenters. The highest BCUT2D eigenvalue weighted by atomic mass is 16.6. The van der Waals surface area contributed by atoms with Crippen LogP contribution in [0.25, 0.3) is 0 Å². The summed E-state index contributed by atoms with van der Waals surface area (Å²) in [6.45, 7) is 7.68. The molecule has 112 valence electrons. The first-order valence-electron chi connectivity index (χ1n) is 6.54. The van der Waals surface area contributed by atoms with Crippen molar-refractivity contribution in [3.63, 3.8) is 0 Å². The summed E-state index contributed by atoms with van der Waals surface area (Å²) in [6.07, 6.45) is 0.845. The first kappa shape index (κ1) is 16.2. The van der Waals surface area contributed by atoms with Crippen LogP contribution in [0.1, 0.15) is 27.2 Å². The van der Waals surface area contributed by atoms with Crippen LogP contribution in [0, 0.1) is 10.1 Å². The lowest BCUT2D eigenvalue weighted by Crippen LogP contribution is -2.36.